The molecule has 1 aliphatic heterocycles. The van der Waals surface area contributed by atoms with Crippen molar-refractivity contribution in [2.75, 3.05) is 13.1 Å². The molecule has 1 aliphatic rings. The third kappa shape index (κ3) is 3.01. The van der Waals surface area contributed by atoms with Gasteiger partial charge in [-0.3, -0.25) is 9.48 Å². The van der Waals surface area contributed by atoms with Crippen LogP contribution in [0.15, 0.2) is 17.3 Å². The lowest BCUT2D eigenvalue weighted by Gasteiger charge is -2.14. The fourth-order valence-electron chi connectivity index (χ4n) is 2.23. The molecule has 2 rings (SSSR count). The van der Waals surface area contributed by atoms with Crippen molar-refractivity contribution in [1.29, 1.82) is 0 Å². The molecule has 1 aromatic heterocycles. The van der Waals surface area contributed by atoms with Crippen molar-refractivity contribution in [2.24, 2.45) is 11.8 Å². The Hall–Kier alpha value is -1.41. The molecule has 0 aromatic carbocycles. The maximum Gasteiger partial charge on any atom is 0.305 e. The van der Waals surface area contributed by atoms with Gasteiger partial charge in [-0.05, 0) is 11.8 Å². The number of sulfonamides is 1. The van der Waals surface area contributed by atoms with E-state index in [0.29, 0.717) is 24.9 Å². The molecule has 2 unspecified atom stereocenters. The molecule has 0 saturated carbocycles. The molecule has 20 heavy (non-hydrogen) atoms. The van der Waals surface area contributed by atoms with Crippen molar-refractivity contribution in [3.63, 3.8) is 0 Å². The first kappa shape index (κ1) is 15.0. The van der Waals surface area contributed by atoms with Gasteiger partial charge < -0.3 is 5.11 Å². The first-order valence-electron chi connectivity index (χ1n) is 6.55. The summed E-state index contributed by atoms with van der Waals surface area (Å²) < 4.78 is 27.7. The molecule has 0 amide bonds. The predicted octanol–water partition coefficient (Wildman–Crippen LogP) is 0.634. The highest BCUT2D eigenvalue weighted by molar-refractivity contribution is 7.89. The number of rotatable bonds is 5. The SMILES string of the molecule is CC1CN(S(=O)(=O)c2cnn(CCC(=O)O)c2)CC1C. The molecule has 2 heterocycles. The van der Waals surface area contributed by atoms with Gasteiger partial charge in [-0.25, -0.2) is 8.42 Å². The highest BCUT2D eigenvalue weighted by Crippen LogP contribution is 2.27. The summed E-state index contributed by atoms with van der Waals surface area (Å²) in [7, 11) is -3.52. The number of carbonyl (C=O) groups is 1. The van der Waals surface area contributed by atoms with Crippen molar-refractivity contribution < 1.29 is 18.3 Å². The third-order valence-electron chi connectivity index (χ3n) is 3.76. The maximum atomic E-state index is 12.4. The first-order valence-corrected chi connectivity index (χ1v) is 7.99. The van der Waals surface area contributed by atoms with Gasteiger partial charge in [-0.2, -0.15) is 9.40 Å². The predicted molar refractivity (Wildman–Crippen MR) is 71.6 cm³/mol. The van der Waals surface area contributed by atoms with Crippen LogP contribution in [-0.2, 0) is 21.4 Å². The van der Waals surface area contributed by atoms with E-state index >= 15 is 0 Å². The van der Waals surface area contributed by atoms with E-state index in [9.17, 15) is 13.2 Å². The maximum absolute atomic E-state index is 12.4. The van der Waals surface area contributed by atoms with Gasteiger partial charge in [-0.1, -0.05) is 13.8 Å². The van der Waals surface area contributed by atoms with Crippen LogP contribution < -0.4 is 0 Å². The Kier molecular flexibility index (Phi) is 4.14. The number of hydrogen-bond donors (Lipinski definition) is 1. The number of aliphatic carboxylic acids is 1. The second kappa shape index (κ2) is 5.53. The van der Waals surface area contributed by atoms with Gasteiger partial charge in [0.25, 0.3) is 0 Å². The zero-order valence-corrected chi connectivity index (χ0v) is 12.4. The van der Waals surface area contributed by atoms with Gasteiger partial charge in [0.2, 0.25) is 10.0 Å². The summed E-state index contributed by atoms with van der Waals surface area (Å²) >= 11 is 0. The van der Waals surface area contributed by atoms with Crippen LogP contribution in [0.3, 0.4) is 0 Å². The number of nitrogens with zero attached hydrogens (tertiary/aromatic N) is 3. The summed E-state index contributed by atoms with van der Waals surface area (Å²) in [4.78, 5) is 10.6. The fourth-order valence-corrected chi connectivity index (χ4v) is 3.83. The zero-order valence-electron chi connectivity index (χ0n) is 11.6. The average Bonchev–Trinajstić information content (AvgIpc) is 2.95. The molecule has 1 saturated heterocycles. The van der Waals surface area contributed by atoms with Gasteiger partial charge >= 0.3 is 5.97 Å². The summed E-state index contributed by atoms with van der Waals surface area (Å²) in [5, 5.41) is 12.5. The monoisotopic (exact) mass is 301 g/mol. The lowest BCUT2D eigenvalue weighted by molar-refractivity contribution is -0.137. The van der Waals surface area contributed by atoms with E-state index in [0.717, 1.165) is 0 Å². The van der Waals surface area contributed by atoms with E-state index in [-0.39, 0.29) is 17.9 Å². The van der Waals surface area contributed by atoms with Gasteiger partial charge in [-0.15, -0.1) is 0 Å². The van der Waals surface area contributed by atoms with Gasteiger partial charge in [0.1, 0.15) is 4.90 Å². The third-order valence-corrected chi connectivity index (χ3v) is 5.54. The van der Waals surface area contributed by atoms with Crippen LogP contribution in [0.1, 0.15) is 20.3 Å². The Morgan fingerprint density at radius 3 is 2.55 bits per heavy atom. The number of aromatic nitrogens is 2. The molecule has 1 aromatic rings. The smallest absolute Gasteiger partial charge is 0.305 e. The van der Waals surface area contributed by atoms with Crippen LogP contribution >= 0.6 is 0 Å². The number of hydrogen-bond acceptors (Lipinski definition) is 4. The van der Waals surface area contributed by atoms with E-state index in [2.05, 4.69) is 5.10 Å². The largest absolute Gasteiger partial charge is 0.481 e. The van der Waals surface area contributed by atoms with Crippen LogP contribution in [0.4, 0.5) is 0 Å². The van der Waals surface area contributed by atoms with Crippen molar-refractivity contribution in [3.8, 4) is 0 Å². The van der Waals surface area contributed by atoms with Gasteiger partial charge in [0, 0.05) is 19.3 Å². The minimum absolute atomic E-state index is 0.0844. The molecule has 2 atom stereocenters. The van der Waals surface area contributed by atoms with E-state index in [1.807, 2.05) is 13.8 Å². The Balaban J connectivity index is 2.12. The quantitative estimate of drug-likeness (QED) is 0.861. The summed E-state index contributed by atoms with van der Waals surface area (Å²) in [6.07, 6.45) is 2.59. The molecule has 0 radical (unpaired) electrons. The molecule has 0 spiro atoms. The fraction of sp³-hybridized carbons (Fsp3) is 0.667. The molecule has 7 nitrogen and oxygen atoms in total. The molecule has 8 heteroatoms. The summed E-state index contributed by atoms with van der Waals surface area (Å²) in [5.74, 6) is -0.259. The first-order chi connectivity index (χ1) is 9.30. The molecule has 0 bridgehead atoms. The summed E-state index contributed by atoms with van der Waals surface area (Å²) in [5.41, 5.74) is 0. The minimum Gasteiger partial charge on any atom is -0.481 e. The number of carboxylic acid groups (broad SMARTS) is 1. The van der Waals surface area contributed by atoms with Crippen LogP contribution in [0.2, 0.25) is 0 Å². The lowest BCUT2D eigenvalue weighted by Crippen LogP contribution is -2.28. The van der Waals surface area contributed by atoms with Crippen LogP contribution in [-0.4, -0.2) is 46.7 Å². The second-order valence-corrected chi connectivity index (χ2v) is 7.30. The van der Waals surface area contributed by atoms with Gasteiger partial charge in [0.05, 0.1) is 19.2 Å². The molecular formula is C12H19N3O4S. The summed E-state index contributed by atoms with van der Waals surface area (Å²) in [6.45, 7) is 5.28. The number of carboxylic acids is 1. The van der Waals surface area contributed by atoms with E-state index in [1.54, 1.807) is 0 Å². The van der Waals surface area contributed by atoms with Crippen molar-refractivity contribution in [2.45, 2.75) is 31.7 Å². The molecule has 1 N–H and O–H groups in total. The van der Waals surface area contributed by atoms with E-state index < -0.39 is 16.0 Å². The minimum atomic E-state index is -3.52. The highest BCUT2D eigenvalue weighted by Gasteiger charge is 2.35. The molecule has 112 valence electrons. The molecular weight excluding hydrogens is 282 g/mol. The Labute approximate surface area is 118 Å². The van der Waals surface area contributed by atoms with Crippen LogP contribution in [0.5, 0.6) is 0 Å². The van der Waals surface area contributed by atoms with Crippen LogP contribution in [0.25, 0.3) is 0 Å². The lowest BCUT2D eigenvalue weighted by atomic mass is 10.0. The average molecular weight is 301 g/mol. The van der Waals surface area contributed by atoms with Crippen molar-refractivity contribution in [1.82, 2.24) is 14.1 Å². The Morgan fingerprint density at radius 1 is 1.40 bits per heavy atom. The van der Waals surface area contributed by atoms with Crippen LogP contribution in [0, 0.1) is 11.8 Å². The van der Waals surface area contributed by atoms with Crippen molar-refractivity contribution >= 4 is 16.0 Å². The van der Waals surface area contributed by atoms with E-state index in [1.165, 1.54) is 21.4 Å². The highest BCUT2D eigenvalue weighted by atomic mass is 32.2. The van der Waals surface area contributed by atoms with E-state index in [4.69, 9.17) is 5.11 Å². The molecule has 1 fully saturated rings. The van der Waals surface area contributed by atoms with Crippen molar-refractivity contribution in [3.05, 3.63) is 12.4 Å². The topological polar surface area (TPSA) is 92.5 Å². The Bertz CT molecular complexity index is 586. The molecule has 0 aliphatic carbocycles. The second-order valence-electron chi connectivity index (χ2n) is 5.36. The summed E-state index contributed by atoms with van der Waals surface area (Å²) in [6, 6.07) is 0. The zero-order chi connectivity index (χ0) is 14.9. The number of aryl methyl sites for hydroxylation is 1. The standard InChI is InChI=1S/C12H19N3O4S/c1-9-6-15(7-10(9)2)20(18,19)11-5-13-14(8-11)4-3-12(16)17/h5,8-10H,3-4,6-7H2,1-2H3,(H,16,17). The Morgan fingerprint density at radius 2 is 2.00 bits per heavy atom. The normalized spacial score (nSPS) is 24.1. The van der Waals surface area contributed by atoms with Gasteiger partial charge in [0.15, 0.2) is 0 Å².